The van der Waals surface area contributed by atoms with E-state index in [2.05, 4.69) is 31.2 Å². The third-order valence-corrected chi connectivity index (χ3v) is 12.5. The summed E-state index contributed by atoms with van der Waals surface area (Å²) >= 11 is 0. The van der Waals surface area contributed by atoms with Gasteiger partial charge < -0.3 is 49.7 Å². The fourth-order valence-corrected chi connectivity index (χ4v) is 8.70. The van der Waals surface area contributed by atoms with Gasteiger partial charge in [0.15, 0.2) is 11.9 Å². The Morgan fingerprint density at radius 2 is 1.52 bits per heavy atom. The van der Waals surface area contributed by atoms with Crippen molar-refractivity contribution >= 4 is 33.4 Å². The van der Waals surface area contributed by atoms with Gasteiger partial charge in [-0.1, -0.05) is 113 Å². The summed E-state index contributed by atoms with van der Waals surface area (Å²) in [7, 11) is -11.4. The van der Waals surface area contributed by atoms with E-state index >= 15 is 0 Å². The van der Waals surface area contributed by atoms with Gasteiger partial charge in [-0.3, -0.25) is 28.0 Å². The summed E-state index contributed by atoms with van der Waals surface area (Å²) in [6, 6.07) is 0. The summed E-state index contributed by atoms with van der Waals surface area (Å²) in [6.07, 6.45) is 14.1. The van der Waals surface area contributed by atoms with Gasteiger partial charge in [0.1, 0.15) is 31.0 Å². The fraction of sp³-hybridized carbons (Fsp3) is 0.681. The van der Waals surface area contributed by atoms with Gasteiger partial charge >= 0.3 is 27.6 Å². The first-order valence-electron chi connectivity index (χ1n) is 23.5. The van der Waals surface area contributed by atoms with Gasteiger partial charge in [0.05, 0.1) is 30.8 Å². The van der Waals surface area contributed by atoms with Crippen LogP contribution in [0.15, 0.2) is 72.9 Å². The van der Waals surface area contributed by atoms with Crippen LogP contribution >= 0.6 is 15.6 Å². The van der Waals surface area contributed by atoms with E-state index in [0.717, 1.165) is 50.7 Å². The Morgan fingerprint density at radius 1 is 0.881 bits per heavy atom. The maximum absolute atomic E-state index is 13.8. The number of esters is 2. The summed E-state index contributed by atoms with van der Waals surface area (Å²) in [4.78, 5) is 70.2. The lowest BCUT2D eigenvalue weighted by Gasteiger charge is -2.38. The van der Waals surface area contributed by atoms with Crippen LogP contribution in [0.1, 0.15) is 129 Å². The molecule has 0 spiro atoms. The molecule has 0 saturated heterocycles. The molecule has 2 aliphatic rings. The highest BCUT2D eigenvalue weighted by Gasteiger charge is 2.50. The molecule has 67 heavy (non-hydrogen) atoms. The van der Waals surface area contributed by atoms with Crippen molar-refractivity contribution < 1.29 is 86.8 Å². The molecule has 8 N–H and O–H groups in total. The van der Waals surface area contributed by atoms with E-state index in [1.807, 2.05) is 19.1 Å². The number of fused-ring (bicyclic) bond motifs is 4. The third-order valence-electron chi connectivity index (χ3n) is 11.0. The standard InChI is InChI=1S/C47H76O18P2/c1-3-5-7-8-9-10-11-12-13-14-15-16-17-18-23-27-40(50)61-33-37-34-62-67(59,60)65-47-45(55)44(54)42(52)35(25-22-19-20-24-28-41(51)63-37)29-32-39(49)38(31-30-36(48)26-21-6-4-2)43(53)46(47)64-66(56,57)58/h9-10,12-13,15-16,19,22,29-32,35-38,42-48,52-55H,3-8,11,14,17-18,20-21,23-28,33-34H2,1-2H3,(H,59,60)(H2,56,57,58)/b10-9-,13-12-,16-15-,22-19-,31-30+,32-29-/t35-,36-,37+,38-,42+,43+,44-,45+,46+,47-/m0/s1. The van der Waals surface area contributed by atoms with Gasteiger partial charge in [0.2, 0.25) is 0 Å². The summed E-state index contributed by atoms with van der Waals surface area (Å²) in [5.41, 5.74) is 0. The first-order chi connectivity index (χ1) is 31.9. The molecule has 0 radical (unpaired) electrons. The molecular weight excluding hydrogens is 914 g/mol. The Bertz CT molecular complexity index is 1720. The van der Waals surface area contributed by atoms with Crippen molar-refractivity contribution in [2.45, 2.75) is 178 Å². The summed E-state index contributed by atoms with van der Waals surface area (Å²) in [5.74, 6) is -5.34. The van der Waals surface area contributed by atoms with Crippen molar-refractivity contribution in [2.24, 2.45) is 11.8 Å². The average molecular weight is 991 g/mol. The molecule has 0 aromatic carbocycles. The number of aliphatic hydroxyl groups is 5. The second-order valence-corrected chi connectivity index (χ2v) is 19.4. The molecule has 0 aromatic heterocycles. The molecule has 0 amide bonds. The molecule has 382 valence electrons. The molecule has 2 bridgehead atoms. The monoisotopic (exact) mass is 990 g/mol. The molecule has 2 rings (SSSR count). The minimum absolute atomic E-state index is 0.0116. The number of carbonyl (C=O) groups is 3. The van der Waals surface area contributed by atoms with E-state index in [1.165, 1.54) is 31.4 Å². The summed E-state index contributed by atoms with van der Waals surface area (Å²) in [6.45, 7) is 2.53. The smallest absolute Gasteiger partial charge is 0.462 e. The number of hydrogen-bond donors (Lipinski definition) is 8. The second kappa shape index (κ2) is 33.6. The lowest BCUT2D eigenvalue weighted by atomic mass is 9.87. The van der Waals surface area contributed by atoms with Crippen LogP contribution in [0, 0.1) is 11.8 Å². The number of ether oxygens (including phenoxy) is 2. The van der Waals surface area contributed by atoms with Crippen LogP contribution in [0.3, 0.4) is 0 Å². The molecular formula is C47H76O18P2. The SMILES string of the molecule is CCCCC/C=C\C/C=C\C/C=C\CCCCC(=O)OC[C@@H]1COP(=O)(O)O[C@H]2[C@H](O)[C@@H](O)[C@H](O)[C@H](/C=C\C(=O)[C@H](/C=C/[C@@H](O)CCCCC)[C@@H](O)[C@H]2OP(=O)(O)O)C/C=C\CCCC(=O)O1. The van der Waals surface area contributed by atoms with Crippen LogP contribution in [0.4, 0.5) is 0 Å². The lowest BCUT2D eigenvalue weighted by Crippen LogP contribution is -2.56. The maximum atomic E-state index is 13.8. The van der Waals surface area contributed by atoms with Crippen LogP contribution < -0.4 is 0 Å². The zero-order valence-corrected chi connectivity index (χ0v) is 40.7. The van der Waals surface area contributed by atoms with Crippen LogP contribution in [-0.4, -0.2) is 120 Å². The number of phosphoric acid groups is 2. The number of carbonyl (C=O) groups excluding carboxylic acids is 3. The summed E-state index contributed by atoms with van der Waals surface area (Å²) < 4.78 is 51.9. The van der Waals surface area contributed by atoms with Gasteiger partial charge in [-0.15, -0.1) is 0 Å². The molecule has 1 unspecified atom stereocenters. The maximum Gasteiger partial charge on any atom is 0.472 e. The lowest BCUT2D eigenvalue weighted by molar-refractivity contribution is -0.163. The highest BCUT2D eigenvalue weighted by molar-refractivity contribution is 7.47. The Labute approximate surface area is 395 Å². The number of cyclic esters (lactones) is 1. The Hall–Kier alpha value is -2.93. The Kier molecular flexibility index (Phi) is 30.2. The first-order valence-corrected chi connectivity index (χ1v) is 26.6. The fourth-order valence-electron chi connectivity index (χ4n) is 7.17. The number of phosphoric ester groups is 2. The molecule has 0 aromatic rings. The third kappa shape index (κ3) is 26.0. The largest absolute Gasteiger partial charge is 0.472 e. The van der Waals surface area contributed by atoms with Gasteiger partial charge in [-0.05, 0) is 76.7 Å². The normalized spacial score (nSPS) is 30.4. The molecule has 1 aliphatic carbocycles. The quantitative estimate of drug-likeness (QED) is 0.0236. The molecule has 11 atom stereocenters. The highest BCUT2D eigenvalue weighted by atomic mass is 31.2. The molecule has 0 saturated carbocycles. The van der Waals surface area contributed by atoms with Gasteiger partial charge in [-0.2, -0.15) is 0 Å². The molecule has 1 heterocycles. The summed E-state index contributed by atoms with van der Waals surface area (Å²) in [5, 5.41) is 56.4. The zero-order chi connectivity index (χ0) is 49.7. The van der Waals surface area contributed by atoms with E-state index in [4.69, 9.17) is 23.0 Å². The van der Waals surface area contributed by atoms with Crippen molar-refractivity contribution in [2.75, 3.05) is 13.2 Å². The predicted octanol–water partition coefficient (Wildman–Crippen LogP) is 6.45. The number of hydrogen-bond acceptors (Lipinski definition) is 15. The second-order valence-electron chi connectivity index (χ2n) is 16.8. The van der Waals surface area contributed by atoms with Gasteiger partial charge in [0, 0.05) is 18.8 Å². The van der Waals surface area contributed by atoms with Crippen LogP contribution in [0.5, 0.6) is 0 Å². The number of aliphatic hydroxyl groups excluding tert-OH is 5. The van der Waals surface area contributed by atoms with Gasteiger partial charge in [0.25, 0.3) is 0 Å². The van der Waals surface area contributed by atoms with Crippen LogP contribution in [-0.2, 0) is 46.6 Å². The van der Waals surface area contributed by atoms with Crippen LogP contribution in [0.2, 0.25) is 0 Å². The number of ketones is 1. The number of allylic oxidation sites excluding steroid dienone is 9. The molecule has 1 aliphatic heterocycles. The van der Waals surface area contributed by atoms with Crippen molar-refractivity contribution in [1.82, 2.24) is 0 Å². The predicted molar refractivity (Wildman–Crippen MR) is 250 cm³/mol. The van der Waals surface area contributed by atoms with Crippen molar-refractivity contribution in [1.29, 1.82) is 0 Å². The number of rotatable bonds is 23. The van der Waals surface area contributed by atoms with E-state index < -0.39 is 107 Å². The zero-order valence-electron chi connectivity index (χ0n) is 38.9. The Morgan fingerprint density at radius 3 is 2.18 bits per heavy atom. The van der Waals surface area contributed by atoms with E-state index in [-0.39, 0.29) is 32.1 Å². The van der Waals surface area contributed by atoms with Gasteiger partial charge in [-0.25, -0.2) is 9.13 Å². The minimum atomic E-state index is -5.76. The minimum Gasteiger partial charge on any atom is -0.462 e. The molecule has 18 nitrogen and oxygen atoms in total. The Balaban J connectivity index is 2.31. The van der Waals surface area contributed by atoms with E-state index in [9.17, 15) is 63.7 Å². The van der Waals surface area contributed by atoms with Crippen molar-refractivity contribution in [3.05, 3.63) is 72.9 Å². The van der Waals surface area contributed by atoms with Crippen molar-refractivity contribution in [3.8, 4) is 0 Å². The first kappa shape index (κ1) is 60.2. The topological polar surface area (TPSA) is 293 Å². The average Bonchev–Trinajstić information content (AvgIpc) is 3.28. The van der Waals surface area contributed by atoms with E-state index in [1.54, 1.807) is 12.2 Å². The van der Waals surface area contributed by atoms with Crippen molar-refractivity contribution in [3.63, 3.8) is 0 Å². The molecule has 0 fully saturated rings. The van der Waals surface area contributed by atoms with Crippen LogP contribution in [0.25, 0.3) is 0 Å². The molecule has 20 heteroatoms. The van der Waals surface area contributed by atoms with E-state index in [0.29, 0.717) is 25.7 Å². The number of unbranched alkanes of at least 4 members (excludes halogenated alkanes) is 7. The highest BCUT2D eigenvalue weighted by Crippen LogP contribution is 2.49.